The second-order valence-electron chi connectivity index (χ2n) is 7.75. The Morgan fingerprint density at radius 3 is 2.48 bits per heavy atom. The van der Waals surface area contributed by atoms with E-state index in [2.05, 4.69) is 22.0 Å². The van der Waals surface area contributed by atoms with Gasteiger partial charge in [0.2, 0.25) is 0 Å². The number of amides is 1. The fourth-order valence-electron chi connectivity index (χ4n) is 3.87. The first kappa shape index (κ1) is 23.2. The van der Waals surface area contributed by atoms with Crippen LogP contribution in [0, 0.1) is 0 Å². The maximum atomic E-state index is 13.0. The summed E-state index contributed by atoms with van der Waals surface area (Å²) in [5, 5.41) is 3.37. The minimum absolute atomic E-state index is 0.0101. The number of halogens is 4. The van der Waals surface area contributed by atoms with Crippen molar-refractivity contribution in [1.82, 2.24) is 4.90 Å². The Kier molecular flexibility index (Phi) is 6.67. The zero-order valence-corrected chi connectivity index (χ0v) is 18.7. The van der Waals surface area contributed by atoms with Gasteiger partial charge in [-0.15, -0.1) is 0 Å². The molecule has 1 N–H and O–H groups in total. The Hall–Kier alpha value is -2.97. The van der Waals surface area contributed by atoms with Crippen LogP contribution in [0.3, 0.4) is 0 Å². The molecule has 1 aromatic heterocycles. The number of benzene rings is 2. The molecule has 3 aromatic rings. The molecule has 0 unspecified atom stereocenters. The number of furan rings is 1. The van der Waals surface area contributed by atoms with E-state index in [1.54, 1.807) is 18.2 Å². The summed E-state index contributed by atoms with van der Waals surface area (Å²) >= 11 is 6.48. The molecule has 1 aliphatic heterocycles. The maximum Gasteiger partial charge on any atom is 0.416 e. The van der Waals surface area contributed by atoms with Crippen LogP contribution in [0.5, 0.6) is 0 Å². The highest BCUT2D eigenvalue weighted by Crippen LogP contribution is 2.36. The van der Waals surface area contributed by atoms with Crippen molar-refractivity contribution in [2.75, 3.05) is 42.9 Å². The van der Waals surface area contributed by atoms with Gasteiger partial charge in [0.15, 0.2) is 5.76 Å². The number of carbonyl (C=O) groups excluding carboxylic acids is 1. The van der Waals surface area contributed by atoms with Gasteiger partial charge in [0.1, 0.15) is 5.76 Å². The van der Waals surface area contributed by atoms with Crippen LogP contribution in [0.15, 0.2) is 59.0 Å². The molecule has 0 spiro atoms. The number of carbonyl (C=O) groups is 1. The van der Waals surface area contributed by atoms with Crippen LogP contribution in [0.25, 0.3) is 11.3 Å². The fraction of sp³-hybridized carbons (Fsp3) is 0.292. The Morgan fingerprint density at radius 2 is 1.79 bits per heavy atom. The lowest BCUT2D eigenvalue weighted by Crippen LogP contribution is -2.46. The van der Waals surface area contributed by atoms with Gasteiger partial charge in [-0.1, -0.05) is 36.7 Å². The Balaban J connectivity index is 1.54. The number of para-hydroxylation sites is 1. The predicted molar refractivity (Wildman–Crippen MR) is 123 cm³/mol. The first-order valence-corrected chi connectivity index (χ1v) is 11.0. The standard InChI is InChI=1S/C24H23ClF3N3O2/c1-2-30-11-13-31(14-12-30)22-18(25)7-4-8-19(22)29-23(32)21-10-9-20(33-21)16-5-3-6-17(15-16)24(26,27)28/h3-10,15H,2,11-14H2,1H3,(H,29,32). The van der Waals surface area contributed by atoms with Crippen molar-refractivity contribution in [3.8, 4) is 11.3 Å². The topological polar surface area (TPSA) is 48.7 Å². The lowest BCUT2D eigenvalue weighted by Gasteiger charge is -2.36. The third kappa shape index (κ3) is 5.17. The van der Waals surface area contributed by atoms with E-state index in [1.807, 2.05) is 0 Å². The Bertz CT molecular complexity index is 1140. The molecule has 1 saturated heterocycles. The number of rotatable bonds is 5. The number of nitrogens with one attached hydrogen (secondary N) is 1. The van der Waals surface area contributed by atoms with Crippen LogP contribution in [-0.2, 0) is 6.18 Å². The molecule has 2 heterocycles. The molecule has 0 radical (unpaired) electrons. The zero-order valence-electron chi connectivity index (χ0n) is 18.0. The van der Waals surface area contributed by atoms with Crippen molar-refractivity contribution in [3.05, 3.63) is 70.9 Å². The maximum absolute atomic E-state index is 13.0. The molecule has 0 saturated carbocycles. The van der Waals surface area contributed by atoms with E-state index in [0.717, 1.165) is 50.5 Å². The fourth-order valence-corrected chi connectivity index (χ4v) is 4.17. The highest BCUT2D eigenvalue weighted by atomic mass is 35.5. The number of alkyl halides is 3. The summed E-state index contributed by atoms with van der Waals surface area (Å²) in [6.07, 6.45) is -4.46. The summed E-state index contributed by atoms with van der Waals surface area (Å²) in [5.41, 5.74) is 0.748. The van der Waals surface area contributed by atoms with Crippen molar-refractivity contribution in [3.63, 3.8) is 0 Å². The average molecular weight is 478 g/mol. The smallest absolute Gasteiger partial charge is 0.416 e. The predicted octanol–water partition coefficient (Wildman–Crippen LogP) is 6.01. The van der Waals surface area contributed by atoms with Gasteiger partial charge in [-0.3, -0.25) is 4.79 Å². The highest BCUT2D eigenvalue weighted by molar-refractivity contribution is 6.34. The quantitative estimate of drug-likeness (QED) is 0.488. The molecule has 9 heteroatoms. The monoisotopic (exact) mass is 477 g/mol. The van der Waals surface area contributed by atoms with Crippen molar-refractivity contribution in [1.29, 1.82) is 0 Å². The molecule has 1 aliphatic rings. The summed E-state index contributed by atoms with van der Waals surface area (Å²) in [7, 11) is 0. The minimum atomic E-state index is -4.46. The number of piperazine rings is 1. The molecule has 1 amide bonds. The second kappa shape index (κ2) is 9.49. The van der Waals surface area contributed by atoms with Gasteiger partial charge in [-0.25, -0.2) is 0 Å². The molecule has 2 aromatic carbocycles. The third-order valence-electron chi connectivity index (χ3n) is 5.67. The van der Waals surface area contributed by atoms with Crippen LogP contribution in [0.4, 0.5) is 24.5 Å². The van der Waals surface area contributed by atoms with E-state index in [4.69, 9.17) is 16.0 Å². The van der Waals surface area contributed by atoms with Gasteiger partial charge in [0.25, 0.3) is 5.91 Å². The molecule has 0 aliphatic carbocycles. The van der Waals surface area contributed by atoms with E-state index in [-0.39, 0.29) is 17.1 Å². The normalized spacial score (nSPS) is 15.0. The first-order valence-electron chi connectivity index (χ1n) is 10.6. The summed E-state index contributed by atoms with van der Waals surface area (Å²) < 4.78 is 44.6. The van der Waals surface area contributed by atoms with Crippen molar-refractivity contribution in [2.45, 2.75) is 13.1 Å². The van der Waals surface area contributed by atoms with E-state index in [0.29, 0.717) is 10.7 Å². The first-order chi connectivity index (χ1) is 15.8. The summed E-state index contributed by atoms with van der Waals surface area (Å²) in [5.74, 6) is -0.346. The van der Waals surface area contributed by atoms with Crippen LogP contribution in [-0.4, -0.2) is 43.5 Å². The van der Waals surface area contributed by atoms with Gasteiger partial charge in [-0.2, -0.15) is 13.2 Å². The molecule has 0 atom stereocenters. The SMILES string of the molecule is CCN1CCN(c2c(Cl)cccc2NC(=O)c2ccc(-c3cccc(C(F)(F)F)c3)o2)CC1. The molecule has 174 valence electrons. The summed E-state index contributed by atoms with van der Waals surface area (Å²) in [4.78, 5) is 17.4. The van der Waals surface area contributed by atoms with Crippen LogP contribution in [0.2, 0.25) is 5.02 Å². The van der Waals surface area contributed by atoms with Crippen molar-refractivity contribution >= 4 is 28.9 Å². The van der Waals surface area contributed by atoms with Gasteiger partial charge in [0.05, 0.1) is 22.0 Å². The van der Waals surface area contributed by atoms with Crippen LogP contribution in [0.1, 0.15) is 23.0 Å². The van der Waals surface area contributed by atoms with Gasteiger partial charge in [0, 0.05) is 31.7 Å². The Labute approximate surface area is 194 Å². The number of hydrogen-bond donors (Lipinski definition) is 1. The lowest BCUT2D eigenvalue weighted by atomic mass is 10.1. The number of anilines is 2. The molecule has 5 nitrogen and oxygen atoms in total. The van der Waals surface area contributed by atoms with Crippen molar-refractivity contribution < 1.29 is 22.4 Å². The summed E-state index contributed by atoms with van der Waals surface area (Å²) in [6, 6.07) is 13.0. The molecule has 0 bridgehead atoms. The van der Waals surface area contributed by atoms with E-state index in [9.17, 15) is 18.0 Å². The molecule has 1 fully saturated rings. The molecular weight excluding hydrogens is 455 g/mol. The van der Waals surface area contributed by atoms with E-state index in [1.165, 1.54) is 24.3 Å². The number of nitrogens with zero attached hydrogens (tertiary/aromatic N) is 2. The Morgan fingerprint density at radius 1 is 1.06 bits per heavy atom. The summed E-state index contributed by atoms with van der Waals surface area (Å²) in [6.45, 7) is 6.45. The molecular formula is C24H23ClF3N3O2. The van der Waals surface area contributed by atoms with E-state index >= 15 is 0 Å². The van der Waals surface area contributed by atoms with E-state index < -0.39 is 17.6 Å². The number of likely N-dealkylation sites (N-methyl/N-ethyl adjacent to an activating group) is 1. The minimum Gasteiger partial charge on any atom is -0.451 e. The number of hydrogen-bond acceptors (Lipinski definition) is 4. The largest absolute Gasteiger partial charge is 0.451 e. The van der Waals surface area contributed by atoms with Gasteiger partial charge in [-0.05, 0) is 42.9 Å². The highest BCUT2D eigenvalue weighted by Gasteiger charge is 2.30. The average Bonchev–Trinajstić information content (AvgIpc) is 3.30. The van der Waals surface area contributed by atoms with Crippen LogP contribution >= 0.6 is 11.6 Å². The van der Waals surface area contributed by atoms with Gasteiger partial charge >= 0.3 is 6.18 Å². The zero-order chi connectivity index (χ0) is 23.6. The molecule has 4 rings (SSSR count). The van der Waals surface area contributed by atoms with Crippen LogP contribution < -0.4 is 10.2 Å². The molecule has 33 heavy (non-hydrogen) atoms. The van der Waals surface area contributed by atoms with Crippen molar-refractivity contribution in [2.24, 2.45) is 0 Å². The third-order valence-corrected chi connectivity index (χ3v) is 5.98. The lowest BCUT2D eigenvalue weighted by molar-refractivity contribution is -0.137. The second-order valence-corrected chi connectivity index (χ2v) is 8.16. The van der Waals surface area contributed by atoms with Gasteiger partial charge < -0.3 is 19.5 Å².